The van der Waals surface area contributed by atoms with Crippen LogP contribution in [0.3, 0.4) is 0 Å². The van der Waals surface area contributed by atoms with Gasteiger partial charge in [-0.2, -0.15) is 9.82 Å². The average Bonchev–Trinajstić information content (AvgIpc) is 2.87. The second-order valence-corrected chi connectivity index (χ2v) is 5.81. The van der Waals surface area contributed by atoms with Crippen molar-refractivity contribution >= 4 is 16.0 Å². The molecule has 1 fully saturated rings. The Balaban J connectivity index is 2.33. The largest absolute Gasteiger partial charge is 0.480 e. The van der Waals surface area contributed by atoms with E-state index in [0.29, 0.717) is 5.69 Å². The fourth-order valence-corrected chi connectivity index (χ4v) is 3.29. The third-order valence-electron chi connectivity index (χ3n) is 2.83. The summed E-state index contributed by atoms with van der Waals surface area (Å²) in [6, 6.07) is 0. The molecule has 0 spiro atoms. The van der Waals surface area contributed by atoms with Crippen LogP contribution in [0.1, 0.15) is 12.1 Å². The molecular formula is C9H13N3O5S. The van der Waals surface area contributed by atoms with E-state index in [9.17, 15) is 13.2 Å². The van der Waals surface area contributed by atoms with Gasteiger partial charge in [0.15, 0.2) is 5.54 Å². The molecule has 1 aromatic rings. The van der Waals surface area contributed by atoms with Crippen LogP contribution in [0.25, 0.3) is 0 Å². The Bertz CT molecular complexity index is 559. The van der Waals surface area contributed by atoms with E-state index < -0.39 is 21.5 Å². The Kier molecular flexibility index (Phi) is 3.13. The third kappa shape index (κ3) is 2.11. The van der Waals surface area contributed by atoms with Crippen molar-refractivity contribution in [1.29, 1.82) is 0 Å². The van der Waals surface area contributed by atoms with Gasteiger partial charge in [0.25, 0.3) is 0 Å². The van der Waals surface area contributed by atoms with E-state index >= 15 is 0 Å². The first kappa shape index (κ1) is 13.0. The van der Waals surface area contributed by atoms with E-state index in [2.05, 4.69) is 14.9 Å². The number of aliphatic carboxylic acids is 1. The Morgan fingerprint density at radius 3 is 2.83 bits per heavy atom. The normalized spacial score (nSPS) is 24.3. The third-order valence-corrected chi connectivity index (χ3v) is 4.48. The van der Waals surface area contributed by atoms with Crippen molar-refractivity contribution in [3.05, 3.63) is 11.9 Å². The van der Waals surface area contributed by atoms with Gasteiger partial charge < -0.3 is 9.84 Å². The Morgan fingerprint density at radius 1 is 1.67 bits per heavy atom. The Morgan fingerprint density at radius 2 is 2.39 bits per heavy atom. The van der Waals surface area contributed by atoms with E-state index in [0.717, 1.165) is 6.20 Å². The van der Waals surface area contributed by atoms with Gasteiger partial charge in [0.1, 0.15) is 4.90 Å². The summed E-state index contributed by atoms with van der Waals surface area (Å²) in [4.78, 5) is 11.2. The number of sulfonamides is 1. The highest BCUT2D eigenvalue weighted by Crippen LogP contribution is 2.23. The summed E-state index contributed by atoms with van der Waals surface area (Å²) >= 11 is 0. The van der Waals surface area contributed by atoms with Crippen molar-refractivity contribution in [2.24, 2.45) is 0 Å². The number of hydrogen-bond acceptors (Lipinski definition) is 5. The highest BCUT2D eigenvalue weighted by molar-refractivity contribution is 7.89. The van der Waals surface area contributed by atoms with Crippen LogP contribution in [-0.4, -0.2) is 48.4 Å². The fourth-order valence-electron chi connectivity index (χ4n) is 1.78. The van der Waals surface area contributed by atoms with E-state index in [-0.39, 0.29) is 24.5 Å². The molecule has 8 nitrogen and oxygen atoms in total. The van der Waals surface area contributed by atoms with E-state index in [1.54, 1.807) is 6.92 Å². The zero-order valence-corrected chi connectivity index (χ0v) is 10.5. The number of carbonyl (C=O) groups is 1. The van der Waals surface area contributed by atoms with Crippen molar-refractivity contribution in [1.82, 2.24) is 14.9 Å². The first-order chi connectivity index (χ1) is 8.37. The summed E-state index contributed by atoms with van der Waals surface area (Å²) in [6.45, 7) is 1.57. The average molecular weight is 275 g/mol. The summed E-state index contributed by atoms with van der Waals surface area (Å²) in [5.74, 6) is -1.25. The minimum Gasteiger partial charge on any atom is -0.480 e. The second kappa shape index (κ2) is 4.34. The number of carboxylic acids is 1. The highest BCUT2D eigenvalue weighted by atomic mass is 32.2. The molecule has 1 saturated heterocycles. The highest BCUT2D eigenvalue weighted by Gasteiger charge is 2.46. The Hall–Kier alpha value is -1.45. The number of hydrogen-bond donors (Lipinski definition) is 3. The molecule has 1 unspecified atom stereocenters. The van der Waals surface area contributed by atoms with Crippen LogP contribution in [-0.2, 0) is 19.6 Å². The standard InChI is InChI=1S/C9H13N3O5S/c1-6-7(4-10-11-6)18(15,16)12-9(8(13)14)2-3-17-5-9/h4,12H,2-3,5H2,1H3,(H,10,11)(H,13,14). The van der Waals surface area contributed by atoms with E-state index in [4.69, 9.17) is 9.84 Å². The molecule has 0 radical (unpaired) electrons. The molecule has 0 amide bonds. The summed E-state index contributed by atoms with van der Waals surface area (Å²) < 4.78 is 31.4. The van der Waals surface area contributed by atoms with Gasteiger partial charge in [0.2, 0.25) is 10.0 Å². The van der Waals surface area contributed by atoms with Gasteiger partial charge in [-0.3, -0.25) is 9.89 Å². The minimum atomic E-state index is -3.94. The first-order valence-electron chi connectivity index (χ1n) is 5.22. The number of H-pyrrole nitrogens is 1. The molecule has 9 heteroatoms. The number of ether oxygens (including phenoxy) is 1. The number of aryl methyl sites for hydroxylation is 1. The molecule has 100 valence electrons. The van der Waals surface area contributed by atoms with Crippen LogP contribution >= 0.6 is 0 Å². The van der Waals surface area contributed by atoms with Crippen LogP contribution in [0.15, 0.2) is 11.1 Å². The van der Waals surface area contributed by atoms with Gasteiger partial charge in [-0.1, -0.05) is 0 Å². The lowest BCUT2D eigenvalue weighted by Crippen LogP contribution is -2.55. The summed E-state index contributed by atoms with van der Waals surface area (Å²) in [5.41, 5.74) is -1.25. The van der Waals surface area contributed by atoms with Crippen LogP contribution in [0, 0.1) is 6.92 Å². The number of nitrogens with one attached hydrogen (secondary N) is 2. The first-order valence-corrected chi connectivity index (χ1v) is 6.71. The smallest absolute Gasteiger partial charge is 0.327 e. The summed E-state index contributed by atoms with van der Waals surface area (Å²) in [6.07, 6.45) is 1.24. The molecule has 1 atom stereocenters. The number of nitrogens with zero attached hydrogens (tertiary/aromatic N) is 1. The predicted octanol–water partition coefficient (Wildman–Crippen LogP) is -0.760. The van der Waals surface area contributed by atoms with Crippen molar-refractivity contribution < 1.29 is 23.1 Å². The van der Waals surface area contributed by atoms with Gasteiger partial charge in [-0.15, -0.1) is 0 Å². The van der Waals surface area contributed by atoms with Crippen LogP contribution in [0.2, 0.25) is 0 Å². The molecular weight excluding hydrogens is 262 g/mol. The molecule has 0 saturated carbocycles. The topological polar surface area (TPSA) is 121 Å². The lowest BCUT2D eigenvalue weighted by molar-refractivity contribution is -0.144. The molecule has 0 bridgehead atoms. The van der Waals surface area contributed by atoms with E-state index in [1.165, 1.54) is 0 Å². The van der Waals surface area contributed by atoms with Crippen molar-refractivity contribution in [3.8, 4) is 0 Å². The summed E-state index contributed by atoms with van der Waals surface area (Å²) in [5, 5.41) is 15.3. The maximum absolute atomic E-state index is 12.1. The second-order valence-electron chi connectivity index (χ2n) is 4.15. The molecule has 0 aliphatic carbocycles. The van der Waals surface area contributed by atoms with Gasteiger partial charge >= 0.3 is 5.97 Å². The lowest BCUT2D eigenvalue weighted by Gasteiger charge is -2.23. The number of aromatic amines is 1. The van der Waals surface area contributed by atoms with Gasteiger partial charge in [-0.25, -0.2) is 8.42 Å². The number of rotatable bonds is 4. The monoisotopic (exact) mass is 275 g/mol. The SMILES string of the molecule is Cc1[nH]ncc1S(=O)(=O)NC1(C(=O)O)CCOC1. The van der Waals surface area contributed by atoms with Crippen molar-refractivity contribution in [2.45, 2.75) is 23.8 Å². The fraction of sp³-hybridized carbons (Fsp3) is 0.556. The van der Waals surface area contributed by atoms with Crippen LogP contribution < -0.4 is 4.72 Å². The van der Waals surface area contributed by atoms with E-state index in [1.807, 2.05) is 0 Å². The summed E-state index contributed by atoms with van der Waals surface area (Å²) in [7, 11) is -3.94. The quantitative estimate of drug-likeness (QED) is 0.664. The van der Waals surface area contributed by atoms with Gasteiger partial charge in [-0.05, 0) is 6.92 Å². The van der Waals surface area contributed by atoms with Crippen molar-refractivity contribution in [3.63, 3.8) is 0 Å². The predicted molar refractivity (Wildman–Crippen MR) is 59.4 cm³/mol. The maximum atomic E-state index is 12.1. The lowest BCUT2D eigenvalue weighted by atomic mass is 10.0. The molecule has 2 heterocycles. The van der Waals surface area contributed by atoms with Crippen LogP contribution in [0.4, 0.5) is 0 Å². The maximum Gasteiger partial charge on any atom is 0.327 e. The molecule has 1 aliphatic rings. The van der Waals surface area contributed by atoms with Crippen molar-refractivity contribution in [2.75, 3.05) is 13.2 Å². The minimum absolute atomic E-state index is 0.0602. The molecule has 1 aliphatic heterocycles. The molecule has 0 aromatic carbocycles. The Labute approximate surface area is 103 Å². The molecule has 18 heavy (non-hydrogen) atoms. The van der Waals surface area contributed by atoms with Crippen LogP contribution in [0.5, 0.6) is 0 Å². The zero-order chi connectivity index (χ0) is 13.4. The zero-order valence-electron chi connectivity index (χ0n) is 9.63. The number of aromatic nitrogens is 2. The van der Waals surface area contributed by atoms with Gasteiger partial charge in [0, 0.05) is 13.0 Å². The molecule has 2 rings (SSSR count). The molecule has 3 N–H and O–H groups in total. The number of carboxylic acid groups (broad SMARTS) is 1. The molecule has 1 aromatic heterocycles. The van der Waals surface area contributed by atoms with Gasteiger partial charge in [0.05, 0.1) is 18.5 Å².